The number of fused-ring (bicyclic) bond motifs is 2. The third-order valence-corrected chi connectivity index (χ3v) is 7.55. The highest BCUT2D eigenvalue weighted by Gasteiger charge is 2.50. The summed E-state index contributed by atoms with van der Waals surface area (Å²) in [6.45, 7) is 2.91. The highest BCUT2D eigenvalue weighted by molar-refractivity contribution is 6.62. The van der Waals surface area contributed by atoms with Crippen LogP contribution in [0.15, 0.2) is 42.5 Å². The van der Waals surface area contributed by atoms with Crippen LogP contribution in [0.1, 0.15) is 48.8 Å². The van der Waals surface area contributed by atoms with Gasteiger partial charge in [0.1, 0.15) is 0 Å². The van der Waals surface area contributed by atoms with Crippen LogP contribution in [0.3, 0.4) is 0 Å². The number of nitrogens with two attached hydrogens (primary N) is 3. The van der Waals surface area contributed by atoms with Crippen molar-refractivity contribution in [1.82, 2.24) is 10.2 Å². The van der Waals surface area contributed by atoms with Crippen LogP contribution in [0.25, 0.3) is 0 Å². The van der Waals surface area contributed by atoms with E-state index in [0.717, 1.165) is 42.5 Å². The number of benzene rings is 2. The van der Waals surface area contributed by atoms with E-state index in [1.807, 2.05) is 6.07 Å². The molecule has 0 bridgehead atoms. The summed E-state index contributed by atoms with van der Waals surface area (Å²) >= 11 is 0. The summed E-state index contributed by atoms with van der Waals surface area (Å²) in [5, 5.41) is 15.4. The van der Waals surface area contributed by atoms with Gasteiger partial charge < -0.3 is 42.4 Å². The number of amides is 3. The van der Waals surface area contributed by atoms with E-state index in [9.17, 15) is 32.6 Å². The minimum atomic E-state index is -4.21. The van der Waals surface area contributed by atoms with E-state index in [0.29, 0.717) is 37.3 Å². The van der Waals surface area contributed by atoms with Crippen molar-refractivity contribution in [3.8, 4) is 0 Å². The van der Waals surface area contributed by atoms with Gasteiger partial charge in [-0.25, -0.2) is 0 Å². The first-order valence-corrected chi connectivity index (χ1v) is 14.4. The molecule has 1 unspecified atom stereocenters. The van der Waals surface area contributed by atoms with Gasteiger partial charge in [-0.1, -0.05) is 23.8 Å². The average molecular weight is 620 g/mol. The van der Waals surface area contributed by atoms with Crippen molar-refractivity contribution in [2.75, 3.05) is 38.0 Å². The number of carbonyl (C=O) groups is 3. The van der Waals surface area contributed by atoms with Crippen LogP contribution in [0.5, 0.6) is 0 Å². The van der Waals surface area contributed by atoms with Gasteiger partial charge in [0.05, 0.1) is 23.8 Å². The van der Waals surface area contributed by atoms with Gasteiger partial charge in [-0.3, -0.25) is 14.4 Å². The Morgan fingerprint density at radius 2 is 1.73 bits per heavy atom. The van der Waals surface area contributed by atoms with E-state index in [2.05, 4.69) is 10.6 Å². The largest absolute Gasteiger partial charge is 0.492 e. The number of rotatable bonds is 11. The van der Waals surface area contributed by atoms with E-state index >= 15 is 0 Å². The second-order valence-corrected chi connectivity index (χ2v) is 10.9. The number of carbonyl (C=O) groups excluding carboxylic acids is 3. The molecule has 3 amide bonds. The van der Waals surface area contributed by atoms with Crippen molar-refractivity contribution in [2.45, 2.75) is 56.8 Å². The molecule has 1 fully saturated rings. The summed E-state index contributed by atoms with van der Waals surface area (Å²) in [6.07, 6.45) is -1.18. The molecule has 9 N–H and O–H groups in total. The number of nitrogens with one attached hydrogen (secondary N) is 2. The van der Waals surface area contributed by atoms with Gasteiger partial charge in [0.25, 0.3) is 0 Å². The summed E-state index contributed by atoms with van der Waals surface area (Å²) in [5.41, 5.74) is 18.8. The maximum Gasteiger partial charge on any atom is 0.492 e. The van der Waals surface area contributed by atoms with E-state index in [1.165, 1.54) is 12.1 Å². The summed E-state index contributed by atoms with van der Waals surface area (Å²) < 4.78 is 41.5. The predicted molar refractivity (Wildman–Crippen MR) is 160 cm³/mol. The molecule has 2 aromatic carbocycles. The molecule has 0 saturated heterocycles. The maximum atomic E-state index is 12.3. The molecule has 11 nitrogen and oxygen atoms in total. The van der Waals surface area contributed by atoms with Crippen molar-refractivity contribution < 1.29 is 37.2 Å². The SMILES string of the molecule is Cc1ccc(C(F)(F)F)cc1.NCCN(CCN)C(=O)CCC(N)C(=O)NCC(=O)Nc1ccc2c(c1)B(O)OC21CCC1. The Morgan fingerprint density at radius 1 is 1.09 bits per heavy atom. The number of nitrogens with zero attached hydrogens (tertiary/aromatic N) is 1. The minimum Gasteiger partial charge on any atom is -0.423 e. The lowest BCUT2D eigenvalue weighted by atomic mass is 9.72. The van der Waals surface area contributed by atoms with E-state index in [4.69, 9.17) is 21.9 Å². The van der Waals surface area contributed by atoms with Crippen molar-refractivity contribution in [2.24, 2.45) is 17.2 Å². The van der Waals surface area contributed by atoms with Crippen molar-refractivity contribution in [3.05, 3.63) is 59.2 Å². The zero-order valence-corrected chi connectivity index (χ0v) is 24.7. The third-order valence-electron chi connectivity index (χ3n) is 7.55. The molecule has 1 heterocycles. The number of hydrogen-bond donors (Lipinski definition) is 6. The first kappa shape index (κ1) is 35.0. The van der Waals surface area contributed by atoms with Crippen LogP contribution >= 0.6 is 0 Å². The van der Waals surface area contributed by atoms with E-state index in [-0.39, 0.29) is 25.3 Å². The Morgan fingerprint density at radius 3 is 2.27 bits per heavy atom. The highest BCUT2D eigenvalue weighted by Crippen LogP contribution is 2.47. The molecule has 0 radical (unpaired) electrons. The average Bonchev–Trinajstić information content (AvgIpc) is 3.27. The third kappa shape index (κ3) is 9.25. The Labute approximate surface area is 254 Å². The normalized spacial score (nSPS) is 15.4. The van der Waals surface area contributed by atoms with Crippen LogP contribution < -0.4 is 33.3 Å². The molecule has 0 aromatic heterocycles. The molecule has 44 heavy (non-hydrogen) atoms. The molecular formula is C29H40BF3N6O5. The molecular weight excluding hydrogens is 580 g/mol. The fourth-order valence-corrected chi connectivity index (χ4v) is 4.97. The van der Waals surface area contributed by atoms with Crippen molar-refractivity contribution in [3.63, 3.8) is 0 Å². The molecule has 1 spiro atoms. The fourth-order valence-electron chi connectivity index (χ4n) is 4.97. The van der Waals surface area contributed by atoms with Crippen LogP contribution in [0.4, 0.5) is 18.9 Å². The molecule has 1 aliphatic heterocycles. The van der Waals surface area contributed by atoms with E-state index in [1.54, 1.807) is 24.0 Å². The van der Waals surface area contributed by atoms with Gasteiger partial charge in [-0.05, 0) is 67.9 Å². The first-order chi connectivity index (χ1) is 20.8. The van der Waals surface area contributed by atoms with Gasteiger partial charge in [0, 0.05) is 38.3 Å². The summed E-state index contributed by atoms with van der Waals surface area (Å²) in [5.74, 6) is -1.12. The Kier molecular flexibility index (Phi) is 12.3. The molecule has 2 aromatic rings. The quantitative estimate of drug-likeness (QED) is 0.198. The number of halogens is 3. The van der Waals surface area contributed by atoms with E-state index < -0.39 is 42.3 Å². The molecule has 4 rings (SSSR count). The Hall–Kier alpha value is -3.50. The first-order valence-electron chi connectivity index (χ1n) is 14.4. The van der Waals surface area contributed by atoms with Crippen LogP contribution in [-0.2, 0) is 30.8 Å². The van der Waals surface area contributed by atoms with Gasteiger partial charge in [-0.15, -0.1) is 0 Å². The summed E-state index contributed by atoms with van der Waals surface area (Å²) in [4.78, 5) is 38.2. The molecule has 240 valence electrons. The number of anilines is 1. The second kappa shape index (κ2) is 15.5. The molecule has 1 aliphatic carbocycles. The van der Waals surface area contributed by atoms with Crippen molar-refractivity contribution in [1.29, 1.82) is 0 Å². The summed E-state index contributed by atoms with van der Waals surface area (Å²) in [7, 11) is -1.01. The van der Waals surface area contributed by atoms with Gasteiger partial charge >= 0.3 is 13.3 Å². The lowest BCUT2D eigenvalue weighted by Crippen LogP contribution is -2.45. The standard InChI is InChI=1S/C21H33BN6O5.C8H7F3/c23-8-10-28(11-9-24)19(30)5-4-17(25)20(31)26-13-18(29)27-14-2-3-15-16(12-14)22(32)33-21(15)6-1-7-21;1-6-2-4-7(5-3-6)8(9,10)11/h2-3,12,17,32H,1,4-11,13,23-25H2,(H,26,31)(H,27,29);2-5H,1H3. The molecule has 1 saturated carbocycles. The zero-order valence-electron chi connectivity index (χ0n) is 24.7. The van der Waals surface area contributed by atoms with Gasteiger partial charge in [0.15, 0.2) is 0 Å². The zero-order chi connectivity index (χ0) is 32.5. The maximum absolute atomic E-state index is 12.3. The van der Waals surface area contributed by atoms with Gasteiger partial charge in [0.2, 0.25) is 17.7 Å². The van der Waals surface area contributed by atoms with Crippen LogP contribution in [-0.4, -0.2) is 73.5 Å². The predicted octanol–water partition coefficient (Wildman–Crippen LogP) is 0.706. The number of alkyl halides is 3. The lowest BCUT2D eigenvalue weighted by Gasteiger charge is -2.39. The minimum absolute atomic E-state index is 0.0851. The van der Waals surface area contributed by atoms with Crippen molar-refractivity contribution >= 4 is 36.0 Å². The molecule has 2 aliphatic rings. The highest BCUT2D eigenvalue weighted by atomic mass is 19.4. The monoisotopic (exact) mass is 620 g/mol. The smallest absolute Gasteiger partial charge is 0.423 e. The van der Waals surface area contributed by atoms with Crippen LogP contribution in [0.2, 0.25) is 0 Å². The Balaban J connectivity index is 0.000000404. The number of hydrogen-bond acceptors (Lipinski definition) is 8. The summed E-state index contributed by atoms with van der Waals surface area (Å²) in [6, 6.07) is 9.44. The fraction of sp³-hybridized carbons (Fsp3) is 0.483. The number of aryl methyl sites for hydroxylation is 1. The Bertz CT molecular complexity index is 1290. The van der Waals surface area contributed by atoms with Gasteiger partial charge in [-0.2, -0.15) is 13.2 Å². The molecule has 15 heteroatoms. The molecule has 1 atom stereocenters. The topological polar surface area (TPSA) is 186 Å². The van der Waals surface area contributed by atoms with Crippen LogP contribution in [0, 0.1) is 6.92 Å². The second-order valence-electron chi connectivity index (χ2n) is 10.9. The lowest BCUT2D eigenvalue weighted by molar-refractivity contribution is -0.137.